The van der Waals surface area contributed by atoms with Crippen molar-refractivity contribution in [1.29, 1.82) is 0 Å². The first-order valence-corrected chi connectivity index (χ1v) is 7.86. The van der Waals surface area contributed by atoms with E-state index in [-0.39, 0.29) is 11.9 Å². The van der Waals surface area contributed by atoms with Crippen molar-refractivity contribution < 1.29 is 4.79 Å². The largest absolute Gasteiger partial charge is 0.326 e. The second kappa shape index (κ2) is 6.00. The van der Waals surface area contributed by atoms with Crippen molar-refractivity contribution >= 4 is 27.5 Å². The van der Waals surface area contributed by atoms with Crippen LogP contribution < -0.4 is 11.1 Å². The molecule has 0 radical (unpaired) electrons. The number of hydrogen-bond donors (Lipinski definition) is 2. The molecule has 1 aliphatic heterocycles. The fourth-order valence-corrected chi connectivity index (χ4v) is 2.91. The second-order valence-corrected chi connectivity index (χ2v) is 6.26. The predicted molar refractivity (Wildman–Crippen MR) is 88.2 cm³/mol. The highest BCUT2D eigenvalue weighted by Crippen LogP contribution is 2.28. The number of amides is 1. The van der Waals surface area contributed by atoms with E-state index in [4.69, 9.17) is 5.73 Å². The monoisotopic (exact) mass is 344 g/mol. The van der Waals surface area contributed by atoms with Gasteiger partial charge >= 0.3 is 0 Å². The summed E-state index contributed by atoms with van der Waals surface area (Å²) in [5.74, 6) is 0.0960. The van der Waals surface area contributed by atoms with Crippen molar-refractivity contribution in [3.8, 4) is 0 Å². The number of nitrogens with one attached hydrogen (secondary N) is 1. The lowest BCUT2D eigenvalue weighted by Gasteiger charge is -2.15. The standard InChI is InChI=1S/C17H17BrN2O/c18-14-7-4-11(5-8-14)17(19)13-6-9-15-12(10-13)2-1-3-16(21)20-15/h4-10,17H,1-3,19H2,(H,20,21). The molecule has 1 atom stereocenters. The molecule has 0 aliphatic carbocycles. The van der Waals surface area contributed by atoms with Crippen molar-refractivity contribution in [3.05, 3.63) is 63.6 Å². The van der Waals surface area contributed by atoms with Gasteiger partial charge in [-0.15, -0.1) is 0 Å². The first-order valence-electron chi connectivity index (χ1n) is 7.07. The Balaban J connectivity index is 1.91. The molecule has 0 bridgehead atoms. The number of carbonyl (C=O) groups excluding carboxylic acids is 1. The molecule has 0 saturated carbocycles. The lowest BCUT2D eigenvalue weighted by Crippen LogP contribution is -2.13. The van der Waals surface area contributed by atoms with Gasteiger partial charge in [0.05, 0.1) is 6.04 Å². The van der Waals surface area contributed by atoms with Crippen LogP contribution in [0.15, 0.2) is 46.9 Å². The topological polar surface area (TPSA) is 55.1 Å². The molecule has 0 saturated heterocycles. The molecule has 4 heteroatoms. The maximum absolute atomic E-state index is 11.6. The molecule has 108 valence electrons. The summed E-state index contributed by atoms with van der Waals surface area (Å²) in [6, 6.07) is 14.0. The molecular weight excluding hydrogens is 328 g/mol. The lowest BCUT2D eigenvalue weighted by atomic mass is 9.96. The van der Waals surface area contributed by atoms with Crippen LogP contribution in [0.5, 0.6) is 0 Å². The summed E-state index contributed by atoms with van der Waals surface area (Å²) in [7, 11) is 0. The van der Waals surface area contributed by atoms with Gasteiger partial charge in [0.25, 0.3) is 0 Å². The molecule has 3 nitrogen and oxygen atoms in total. The van der Waals surface area contributed by atoms with Gasteiger partial charge in [-0.1, -0.05) is 40.2 Å². The highest BCUT2D eigenvalue weighted by Gasteiger charge is 2.15. The molecule has 0 aromatic heterocycles. The molecule has 2 aromatic carbocycles. The Morgan fingerprint density at radius 1 is 1.05 bits per heavy atom. The highest BCUT2D eigenvalue weighted by atomic mass is 79.9. The van der Waals surface area contributed by atoms with Gasteiger partial charge in [-0.25, -0.2) is 0 Å². The minimum atomic E-state index is -0.151. The van der Waals surface area contributed by atoms with Crippen LogP contribution in [0.25, 0.3) is 0 Å². The summed E-state index contributed by atoms with van der Waals surface area (Å²) in [6.45, 7) is 0. The van der Waals surface area contributed by atoms with Crippen molar-refractivity contribution in [3.63, 3.8) is 0 Å². The molecule has 2 aromatic rings. The van der Waals surface area contributed by atoms with Crippen LogP contribution >= 0.6 is 15.9 Å². The summed E-state index contributed by atoms with van der Waals surface area (Å²) in [4.78, 5) is 11.6. The van der Waals surface area contributed by atoms with Gasteiger partial charge in [0.15, 0.2) is 0 Å². The summed E-state index contributed by atoms with van der Waals surface area (Å²) < 4.78 is 1.04. The minimum absolute atomic E-state index is 0.0960. The van der Waals surface area contributed by atoms with E-state index in [0.717, 1.165) is 34.1 Å². The van der Waals surface area contributed by atoms with Gasteiger partial charge < -0.3 is 11.1 Å². The summed E-state index contributed by atoms with van der Waals surface area (Å²) in [5, 5.41) is 2.95. The molecule has 21 heavy (non-hydrogen) atoms. The maximum atomic E-state index is 11.6. The predicted octanol–water partition coefficient (Wildman–Crippen LogP) is 3.77. The smallest absolute Gasteiger partial charge is 0.224 e. The Labute approximate surface area is 132 Å². The fourth-order valence-electron chi connectivity index (χ4n) is 2.65. The number of fused-ring (bicyclic) bond motifs is 1. The van der Waals surface area contributed by atoms with Gasteiger partial charge in [-0.05, 0) is 47.7 Å². The van der Waals surface area contributed by atoms with E-state index in [1.54, 1.807) is 0 Å². The van der Waals surface area contributed by atoms with Crippen LogP contribution in [-0.4, -0.2) is 5.91 Å². The number of anilines is 1. The Morgan fingerprint density at radius 3 is 2.52 bits per heavy atom. The normalized spacial score (nSPS) is 15.8. The van der Waals surface area contributed by atoms with Crippen LogP contribution in [0.1, 0.15) is 35.6 Å². The van der Waals surface area contributed by atoms with Gasteiger partial charge in [-0.3, -0.25) is 4.79 Å². The molecule has 0 spiro atoms. The van der Waals surface area contributed by atoms with E-state index in [9.17, 15) is 4.79 Å². The number of rotatable bonds is 2. The van der Waals surface area contributed by atoms with Crippen LogP contribution in [0.2, 0.25) is 0 Å². The number of carbonyl (C=O) groups is 1. The Bertz CT molecular complexity index is 667. The second-order valence-electron chi connectivity index (χ2n) is 5.35. The van der Waals surface area contributed by atoms with Crippen molar-refractivity contribution in [2.24, 2.45) is 5.73 Å². The maximum Gasteiger partial charge on any atom is 0.224 e. The quantitative estimate of drug-likeness (QED) is 0.871. The van der Waals surface area contributed by atoms with Crippen molar-refractivity contribution in [2.45, 2.75) is 25.3 Å². The van der Waals surface area contributed by atoms with E-state index in [0.29, 0.717) is 6.42 Å². The third-order valence-electron chi connectivity index (χ3n) is 3.84. The number of aryl methyl sites for hydroxylation is 1. The number of benzene rings is 2. The molecule has 1 unspecified atom stereocenters. The first kappa shape index (κ1) is 14.3. The van der Waals surface area contributed by atoms with Crippen LogP contribution in [0.3, 0.4) is 0 Å². The zero-order valence-electron chi connectivity index (χ0n) is 11.6. The minimum Gasteiger partial charge on any atom is -0.326 e. The average Bonchev–Trinajstić information content (AvgIpc) is 2.67. The summed E-state index contributed by atoms with van der Waals surface area (Å²) in [6.07, 6.45) is 2.38. The molecule has 0 fully saturated rings. The summed E-state index contributed by atoms with van der Waals surface area (Å²) >= 11 is 3.43. The van der Waals surface area contributed by atoms with Gasteiger partial charge in [-0.2, -0.15) is 0 Å². The fraction of sp³-hybridized carbons (Fsp3) is 0.235. The number of nitrogens with two attached hydrogens (primary N) is 1. The Morgan fingerprint density at radius 2 is 1.76 bits per heavy atom. The zero-order chi connectivity index (χ0) is 14.8. The Hall–Kier alpha value is -1.65. The van der Waals surface area contributed by atoms with Crippen molar-refractivity contribution in [1.82, 2.24) is 0 Å². The summed E-state index contributed by atoms with van der Waals surface area (Å²) in [5.41, 5.74) is 10.6. The number of halogens is 1. The van der Waals surface area contributed by atoms with Gasteiger partial charge in [0.1, 0.15) is 0 Å². The van der Waals surface area contributed by atoms with E-state index in [2.05, 4.69) is 27.3 Å². The van der Waals surface area contributed by atoms with Crippen molar-refractivity contribution in [2.75, 3.05) is 5.32 Å². The van der Waals surface area contributed by atoms with E-state index >= 15 is 0 Å². The molecular formula is C17H17BrN2O. The first-order chi connectivity index (χ1) is 10.1. The Kier molecular flexibility index (Phi) is 4.08. The third-order valence-corrected chi connectivity index (χ3v) is 4.37. The van der Waals surface area contributed by atoms with Crippen LogP contribution in [0, 0.1) is 0 Å². The van der Waals surface area contributed by atoms with E-state index < -0.39 is 0 Å². The molecule has 3 rings (SSSR count). The number of hydrogen-bond acceptors (Lipinski definition) is 2. The van der Waals surface area contributed by atoms with Crippen LogP contribution in [-0.2, 0) is 11.2 Å². The van der Waals surface area contributed by atoms with Gasteiger partial charge in [0.2, 0.25) is 5.91 Å². The lowest BCUT2D eigenvalue weighted by molar-refractivity contribution is -0.116. The molecule has 3 N–H and O–H groups in total. The van der Waals surface area contributed by atoms with E-state index in [1.807, 2.05) is 36.4 Å². The van der Waals surface area contributed by atoms with E-state index in [1.165, 1.54) is 5.56 Å². The highest BCUT2D eigenvalue weighted by molar-refractivity contribution is 9.10. The SMILES string of the molecule is NC(c1ccc(Br)cc1)c1ccc2c(c1)CCCC(=O)N2. The molecule has 1 heterocycles. The molecule has 1 amide bonds. The van der Waals surface area contributed by atoms with Crippen LogP contribution in [0.4, 0.5) is 5.69 Å². The zero-order valence-corrected chi connectivity index (χ0v) is 13.2. The average molecular weight is 345 g/mol. The third kappa shape index (κ3) is 3.17. The van der Waals surface area contributed by atoms with Gasteiger partial charge in [0, 0.05) is 16.6 Å². The molecule has 1 aliphatic rings.